The van der Waals surface area contributed by atoms with E-state index < -0.39 is 6.10 Å². The Bertz CT molecular complexity index is 878. The van der Waals surface area contributed by atoms with Crippen molar-refractivity contribution in [1.29, 1.82) is 0 Å². The van der Waals surface area contributed by atoms with Gasteiger partial charge in [-0.15, -0.1) is 5.10 Å². The van der Waals surface area contributed by atoms with E-state index in [1.54, 1.807) is 19.1 Å². The van der Waals surface area contributed by atoms with Gasteiger partial charge in [0.15, 0.2) is 6.10 Å². The Morgan fingerprint density at radius 3 is 2.63 bits per heavy atom. The van der Waals surface area contributed by atoms with E-state index in [-0.39, 0.29) is 5.91 Å². The monoisotopic (exact) mass is 365 g/mol. The molecular weight excluding hydrogens is 342 g/mol. The molecule has 1 amide bonds. The summed E-state index contributed by atoms with van der Waals surface area (Å²) in [6.45, 7) is 6.06. The van der Waals surface area contributed by atoms with E-state index in [2.05, 4.69) is 34.7 Å². The number of nitrogens with one attached hydrogen (secondary N) is 1. The fourth-order valence-electron chi connectivity index (χ4n) is 2.61. The van der Waals surface area contributed by atoms with Crippen LogP contribution < -0.4 is 10.1 Å². The number of carbonyl (C=O) groups excluding carboxylic acids is 1. The number of rotatable bonds is 7. The average Bonchev–Trinajstić information content (AvgIpc) is 3.23. The van der Waals surface area contributed by atoms with Crippen molar-refractivity contribution in [3.8, 4) is 11.4 Å². The molecule has 27 heavy (non-hydrogen) atoms. The zero-order valence-electron chi connectivity index (χ0n) is 15.7. The van der Waals surface area contributed by atoms with Crippen LogP contribution in [0.15, 0.2) is 54.9 Å². The first kappa shape index (κ1) is 18.6. The number of benzene rings is 2. The molecule has 7 heteroatoms. The van der Waals surface area contributed by atoms with Gasteiger partial charge in [0.1, 0.15) is 12.1 Å². The minimum atomic E-state index is -0.650. The predicted molar refractivity (Wildman–Crippen MR) is 103 cm³/mol. The summed E-state index contributed by atoms with van der Waals surface area (Å²) in [6, 6.07) is 15.2. The zero-order chi connectivity index (χ0) is 19.2. The zero-order valence-corrected chi connectivity index (χ0v) is 15.7. The minimum Gasteiger partial charge on any atom is -0.481 e. The van der Waals surface area contributed by atoms with E-state index in [0.717, 1.165) is 17.8 Å². The smallest absolute Gasteiger partial charge is 0.265 e. The summed E-state index contributed by atoms with van der Waals surface area (Å²) in [6.07, 6.45) is 1.93. The Hall–Kier alpha value is -3.22. The Kier molecular flexibility index (Phi) is 5.80. The van der Waals surface area contributed by atoms with Crippen LogP contribution in [0.4, 0.5) is 5.69 Å². The molecule has 0 spiro atoms. The predicted octanol–water partition coefficient (Wildman–Crippen LogP) is 3.58. The number of carbonyl (C=O) groups is 1. The van der Waals surface area contributed by atoms with Crippen LogP contribution in [0.2, 0.25) is 0 Å². The number of hydrogen-bond acceptors (Lipinski definition) is 5. The molecule has 2 aromatic carbocycles. The van der Waals surface area contributed by atoms with E-state index in [4.69, 9.17) is 4.74 Å². The maximum atomic E-state index is 12.4. The van der Waals surface area contributed by atoms with Crippen molar-refractivity contribution >= 4 is 11.6 Å². The first-order valence-corrected chi connectivity index (χ1v) is 8.97. The van der Waals surface area contributed by atoms with Gasteiger partial charge in [-0.2, -0.15) is 0 Å². The molecule has 2 atom stereocenters. The molecule has 0 fully saturated rings. The van der Waals surface area contributed by atoms with Crippen molar-refractivity contribution < 1.29 is 9.53 Å². The molecule has 0 bridgehead atoms. The van der Waals surface area contributed by atoms with E-state index in [1.807, 2.05) is 36.4 Å². The number of amides is 1. The highest BCUT2D eigenvalue weighted by Gasteiger charge is 2.15. The summed E-state index contributed by atoms with van der Waals surface area (Å²) < 4.78 is 7.30. The van der Waals surface area contributed by atoms with Crippen LogP contribution in [-0.4, -0.2) is 32.2 Å². The van der Waals surface area contributed by atoms with Gasteiger partial charge in [-0.05, 0) is 59.5 Å². The molecule has 0 saturated heterocycles. The molecule has 7 nitrogen and oxygen atoms in total. The molecular formula is C20H23N5O2. The van der Waals surface area contributed by atoms with Gasteiger partial charge in [0.25, 0.3) is 5.91 Å². The van der Waals surface area contributed by atoms with Crippen LogP contribution >= 0.6 is 0 Å². The van der Waals surface area contributed by atoms with Crippen molar-refractivity contribution in [2.24, 2.45) is 0 Å². The lowest BCUT2D eigenvalue weighted by molar-refractivity contribution is -0.122. The molecule has 3 rings (SSSR count). The molecule has 0 unspecified atom stereocenters. The summed E-state index contributed by atoms with van der Waals surface area (Å²) in [5.41, 5.74) is 2.77. The Morgan fingerprint density at radius 2 is 1.96 bits per heavy atom. The molecule has 0 radical (unpaired) electrons. The average molecular weight is 365 g/mol. The second kappa shape index (κ2) is 8.44. The van der Waals surface area contributed by atoms with Crippen LogP contribution in [0.3, 0.4) is 0 Å². The third-order valence-corrected chi connectivity index (χ3v) is 4.47. The van der Waals surface area contributed by atoms with Gasteiger partial charge in [-0.1, -0.05) is 32.0 Å². The lowest BCUT2D eigenvalue weighted by Crippen LogP contribution is -2.30. The van der Waals surface area contributed by atoms with Gasteiger partial charge in [-0.3, -0.25) is 4.79 Å². The largest absolute Gasteiger partial charge is 0.481 e. The highest BCUT2D eigenvalue weighted by molar-refractivity contribution is 5.94. The molecule has 0 aliphatic heterocycles. The summed E-state index contributed by atoms with van der Waals surface area (Å²) in [5, 5.41) is 14.0. The van der Waals surface area contributed by atoms with Gasteiger partial charge in [0.2, 0.25) is 0 Å². The van der Waals surface area contributed by atoms with Crippen LogP contribution in [0.5, 0.6) is 5.75 Å². The second-order valence-electron chi connectivity index (χ2n) is 6.43. The third kappa shape index (κ3) is 4.69. The fraction of sp³-hybridized carbons (Fsp3) is 0.300. The summed E-state index contributed by atoms with van der Waals surface area (Å²) in [7, 11) is 0. The fourth-order valence-corrected chi connectivity index (χ4v) is 2.61. The number of hydrogen-bond donors (Lipinski definition) is 1. The highest BCUT2D eigenvalue weighted by atomic mass is 16.5. The standard InChI is InChI=1S/C20H23N5O2/c1-4-14(2)16-8-10-17(11-9-16)22-20(26)15(3)27-19-7-5-6-18(12-19)25-13-21-23-24-25/h5-15H,4H2,1-3H3,(H,22,26)/t14-,15+/m0/s1. The van der Waals surface area contributed by atoms with Crippen molar-refractivity contribution in [2.45, 2.75) is 39.2 Å². The van der Waals surface area contributed by atoms with Crippen molar-refractivity contribution in [1.82, 2.24) is 20.2 Å². The van der Waals surface area contributed by atoms with Crippen LogP contribution in [0.25, 0.3) is 5.69 Å². The Labute approximate surface area is 158 Å². The summed E-state index contributed by atoms with van der Waals surface area (Å²) >= 11 is 0. The molecule has 1 aromatic heterocycles. The summed E-state index contributed by atoms with van der Waals surface area (Å²) in [4.78, 5) is 12.4. The van der Waals surface area contributed by atoms with E-state index in [9.17, 15) is 4.79 Å². The molecule has 1 heterocycles. The topological polar surface area (TPSA) is 81.9 Å². The molecule has 0 saturated carbocycles. The number of anilines is 1. The van der Waals surface area contributed by atoms with E-state index in [1.165, 1.54) is 16.6 Å². The van der Waals surface area contributed by atoms with Crippen LogP contribution in [0.1, 0.15) is 38.7 Å². The van der Waals surface area contributed by atoms with Crippen molar-refractivity contribution in [2.75, 3.05) is 5.32 Å². The number of nitrogens with zero attached hydrogens (tertiary/aromatic N) is 4. The SMILES string of the molecule is CC[C@H](C)c1ccc(NC(=O)[C@@H](C)Oc2cccc(-n3cnnn3)c2)cc1. The molecule has 140 valence electrons. The Morgan fingerprint density at radius 1 is 1.19 bits per heavy atom. The third-order valence-electron chi connectivity index (χ3n) is 4.47. The Balaban J connectivity index is 1.62. The molecule has 0 aliphatic carbocycles. The maximum Gasteiger partial charge on any atom is 0.265 e. The van der Waals surface area contributed by atoms with Gasteiger partial charge >= 0.3 is 0 Å². The lowest BCUT2D eigenvalue weighted by atomic mass is 9.99. The quantitative estimate of drug-likeness (QED) is 0.692. The first-order valence-electron chi connectivity index (χ1n) is 8.97. The van der Waals surface area contributed by atoms with Crippen LogP contribution in [-0.2, 0) is 4.79 Å². The maximum absolute atomic E-state index is 12.4. The molecule has 0 aliphatic rings. The first-order chi connectivity index (χ1) is 13.1. The number of aromatic nitrogens is 4. The van der Waals surface area contributed by atoms with E-state index in [0.29, 0.717) is 11.7 Å². The van der Waals surface area contributed by atoms with Gasteiger partial charge in [0.05, 0.1) is 5.69 Å². The minimum absolute atomic E-state index is 0.209. The lowest BCUT2D eigenvalue weighted by Gasteiger charge is -2.16. The molecule has 3 aromatic rings. The van der Waals surface area contributed by atoms with Gasteiger partial charge < -0.3 is 10.1 Å². The summed E-state index contributed by atoms with van der Waals surface area (Å²) in [5.74, 6) is 0.862. The van der Waals surface area contributed by atoms with Gasteiger partial charge in [-0.25, -0.2) is 4.68 Å². The molecule has 1 N–H and O–H groups in total. The van der Waals surface area contributed by atoms with Crippen molar-refractivity contribution in [3.05, 3.63) is 60.4 Å². The van der Waals surface area contributed by atoms with Crippen LogP contribution in [0, 0.1) is 0 Å². The number of ether oxygens (including phenoxy) is 1. The second-order valence-corrected chi connectivity index (χ2v) is 6.43. The van der Waals surface area contributed by atoms with Gasteiger partial charge in [0, 0.05) is 11.8 Å². The van der Waals surface area contributed by atoms with E-state index >= 15 is 0 Å². The normalized spacial score (nSPS) is 13.0. The van der Waals surface area contributed by atoms with Crippen molar-refractivity contribution in [3.63, 3.8) is 0 Å². The number of tetrazole rings is 1. The highest BCUT2D eigenvalue weighted by Crippen LogP contribution is 2.21.